The van der Waals surface area contributed by atoms with Gasteiger partial charge >= 0.3 is 0 Å². The van der Waals surface area contributed by atoms with Crippen LogP contribution in [0, 0.1) is 0 Å². The molecule has 4 heterocycles. The Morgan fingerprint density at radius 3 is 3.04 bits per heavy atom. The van der Waals surface area contributed by atoms with Gasteiger partial charge in [0.15, 0.2) is 0 Å². The predicted octanol–water partition coefficient (Wildman–Crippen LogP) is 2.29. The summed E-state index contributed by atoms with van der Waals surface area (Å²) in [4.78, 5) is 4.19. The highest BCUT2D eigenvalue weighted by Crippen LogP contribution is 2.22. The van der Waals surface area contributed by atoms with Crippen molar-refractivity contribution in [3.8, 4) is 11.3 Å². The van der Waals surface area contributed by atoms with Crippen LogP contribution in [0.1, 0.15) is 43.4 Å². The largest absolute Gasteiger partial charge is 0.313 e. The smallest absolute Gasteiger partial charge is 0.135 e. The zero-order chi connectivity index (χ0) is 17.2. The van der Waals surface area contributed by atoms with E-state index in [1.165, 1.54) is 0 Å². The topological polar surface area (TPSA) is 84.3 Å². The number of hydrogen-bond donors (Lipinski definition) is 2. The number of hydrogen-bond acceptors (Lipinski definition) is 5. The van der Waals surface area contributed by atoms with Crippen molar-refractivity contribution in [2.45, 2.75) is 51.7 Å². The van der Waals surface area contributed by atoms with E-state index in [9.17, 15) is 0 Å². The van der Waals surface area contributed by atoms with Crippen molar-refractivity contribution in [2.75, 3.05) is 0 Å². The molecule has 130 valence electrons. The van der Waals surface area contributed by atoms with E-state index in [0.717, 1.165) is 54.4 Å². The highest BCUT2D eigenvalue weighted by atomic mass is 15.3. The van der Waals surface area contributed by atoms with Crippen LogP contribution < -0.4 is 5.32 Å². The lowest BCUT2D eigenvalue weighted by Gasteiger charge is -2.26. The third-order valence-electron chi connectivity index (χ3n) is 4.74. The number of pyridine rings is 1. The molecule has 7 nitrogen and oxygen atoms in total. The van der Waals surface area contributed by atoms with Gasteiger partial charge in [-0.25, -0.2) is 0 Å². The zero-order valence-electron chi connectivity index (χ0n) is 14.6. The van der Waals surface area contributed by atoms with Gasteiger partial charge in [-0.2, -0.15) is 5.10 Å². The van der Waals surface area contributed by atoms with Crippen molar-refractivity contribution in [1.29, 1.82) is 0 Å². The molecule has 3 aromatic heterocycles. The van der Waals surface area contributed by atoms with Gasteiger partial charge in [0.1, 0.15) is 11.6 Å². The van der Waals surface area contributed by atoms with Gasteiger partial charge in [0.25, 0.3) is 0 Å². The molecule has 25 heavy (non-hydrogen) atoms. The van der Waals surface area contributed by atoms with Crippen molar-refractivity contribution >= 4 is 0 Å². The minimum Gasteiger partial charge on any atom is -0.313 e. The number of aromatic amines is 1. The first-order valence-electron chi connectivity index (χ1n) is 8.80. The maximum Gasteiger partial charge on any atom is 0.135 e. The summed E-state index contributed by atoms with van der Waals surface area (Å²) in [6.45, 7) is 6.04. The minimum atomic E-state index is 0.394. The van der Waals surface area contributed by atoms with Crippen LogP contribution >= 0.6 is 0 Å². The molecule has 0 spiro atoms. The molecule has 0 bridgehead atoms. The number of nitrogens with one attached hydrogen (secondary N) is 2. The van der Waals surface area contributed by atoms with E-state index in [0.29, 0.717) is 12.0 Å². The molecule has 1 aliphatic rings. The summed E-state index contributed by atoms with van der Waals surface area (Å²) in [6, 6.07) is 4.40. The predicted molar refractivity (Wildman–Crippen MR) is 94.9 cm³/mol. The van der Waals surface area contributed by atoms with Gasteiger partial charge in [0, 0.05) is 55.0 Å². The Balaban J connectivity index is 1.45. The van der Waals surface area contributed by atoms with E-state index in [-0.39, 0.29) is 0 Å². The first-order valence-corrected chi connectivity index (χ1v) is 8.80. The van der Waals surface area contributed by atoms with E-state index in [1.54, 1.807) is 6.20 Å². The lowest BCUT2D eigenvalue weighted by Crippen LogP contribution is -2.37. The van der Waals surface area contributed by atoms with Gasteiger partial charge in [-0.1, -0.05) is 13.8 Å². The second-order valence-electron chi connectivity index (χ2n) is 6.87. The van der Waals surface area contributed by atoms with Crippen LogP contribution in [0.3, 0.4) is 0 Å². The molecular weight excluding hydrogens is 314 g/mol. The average molecular weight is 337 g/mol. The maximum atomic E-state index is 4.36. The molecule has 0 saturated carbocycles. The normalized spacial score (nSPS) is 17.0. The molecular formula is C18H23N7. The van der Waals surface area contributed by atoms with Gasteiger partial charge < -0.3 is 9.88 Å². The average Bonchev–Trinajstić information content (AvgIpc) is 3.27. The SMILES string of the molecule is CC(C)c1nnc2n1C[C@H](NCc1cn[nH]c1-c1cccnc1)CC2. The lowest BCUT2D eigenvalue weighted by molar-refractivity contribution is 0.370. The molecule has 0 radical (unpaired) electrons. The Labute approximate surface area is 146 Å². The summed E-state index contributed by atoms with van der Waals surface area (Å²) in [7, 11) is 0. The zero-order valence-corrected chi connectivity index (χ0v) is 14.6. The van der Waals surface area contributed by atoms with E-state index in [2.05, 4.69) is 49.1 Å². The van der Waals surface area contributed by atoms with Crippen LogP contribution in [0.4, 0.5) is 0 Å². The van der Waals surface area contributed by atoms with Gasteiger partial charge in [0.2, 0.25) is 0 Å². The monoisotopic (exact) mass is 337 g/mol. The molecule has 1 atom stereocenters. The number of aromatic nitrogens is 6. The molecule has 0 aliphatic carbocycles. The van der Waals surface area contributed by atoms with E-state index in [4.69, 9.17) is 0 Å². The van der Waals surface area contributed by atoms with Crippen LogP contribution in [0.25, 0.3) is 11.3 Å². The Morgan fingerprint density at radius 2 is 2.24 bits per heavy atom. The fraction of sp³-hybridized carbons (Fsp3) is 0.444. The molecule has 3 aromatic rings. The summed E-state index contributed by atoms with van der Waals surface area (Å²) < 4.78 is 2.28. The van der Waals surface area contributed by atoms with E-state index in [1.807, 2.05) is 24.5 Å². The molecule has 0 aromatic carbocycles. The molecule has 0 fully saturated rings. The van der Waals surface area contributed by atoms with Crippen molar-refractivity contribution in [1.82, 2.24) is 35.3 Å². The number of fused-ring (bicyclic) bond motifs is 1. The summed E-state index contributed by atoms with van der Waals surface area (Å²) in [5.41, 5.74) is 3.25. The van der Waals surface area contributed by atoms with Crippen molar-refractivity contribution in [2.24, 2.45) is 0 Å². The van der Waals surface area contributed by atoms with E-state index >= 15 is 0 Å². The molecule has 1 aliphatic heterocycles. The van der Waals surface area contributed by atoms with Gasteiger partial charge in [-0.3, -0.25) is 10.1 Å². The van der Waals surface area contributed by atoms with Crippen LogP contribution in [0.15, 0.2) is 30.7 Å². The van der Waals surface area contributed by atoms with Crippen molar-refractivity contribution in [3.05, 3.63) is 47.9 Å². The molecule has 0 amide bonds. The Bertz CT molecular complexity index is 834. The molecule has 0 unspecified atom stereocenters. The third-order valence-corrected chi connectivity index (χ3v) is 4.74. The molecule has 0 saturated heterocycles. The Hall–Kier alpha value is -2.54. The Morgan fingerprint density at radius 1 is 1.32 bits per heavy atom. The second-order valence-corrected chi connectivity index (χ2v) is 6.87. The number of H-pyrrole nitrogens is 1. The number of rotatable bonds is 5. The van der Waals surface area contributed by atoms with Crippen molar-refractivity contribution < 1.29 is 0 Å². The van der Waals surface area contributed by atoms with Gasteiger partial charge in [-0.15, -0.1) is 10.2 Å². The quantitative estimate of drug-likeness (QED) is 0.746. The highest BCUT2D eigenvalue weighted by Gasteiger charge is 2.24. The molecule has 4 rings (SSSR count). The Kier molecular flexibility index (Phi) is 4.31. The molecule has 7 heteroatoms. The standard InChI is InChI=1S/C18H23N7/c1-12(2)18-24-22-16-6-5-15(11-25(16)18)20-9-14-10-21-23-17(14)13-4-3-7-19-8-13/h3-4,7-8,10,12,15,20H,5-6,9,11H2,1-2H3,(H,21,23)/t15-/m1/s1. The van der Waals surface area contributed by atoms with Crippen LogP contribution in [-0.4, -0.2) is 36.0 Å². The summed E-state index contributed by atoms with van der Waals surface area (Å²) >= 11 is 0. The van der Waals surface area contributed by atoms with Crippen molar-refractivity contribution in [3.63, 3.8) is 0 Å². The maximum absolute atomic E-state index is 4.36. The third kappa shape index (κ3) is 3.19. The minimum absolute atomic E-state index is 0.394. The second kappa shape index (κ2) is 6.76. The highest BCUT2D eigenvalue weighted by molar-refractivity contribution is 5.61. The molecule has 2 N–H and O–H groups in total. The summed E-state index contributed by atoms with van der Waals surface area (Å²) in [5, 5.41) is 19.7. The van der Waals surface area contributed by atoms with Crippen LogP contribution in [0.2, 0.25) is 0 Å². The lowest BCUT2D eigenvalue weighted by atomic mass is 10.0. The fourth-order valence-electron chi connectivity index (χ4n) is 3.40. The number of nitrogens with zero attached hydrogens (tertiary/aromatic N) is 5. The fourth-order valence-corrected chi connectivity index (χ4v) is 3.40. The summed E-state index contributed by atoms with van der Waals surface area (Å²) in [5.74, 6) is 2.59. The van der Waals surface area contributed by atoms with Crippen LogP contribution in [0.5, 0.6) is 0 Å². The summed E-state index contributed by atoms with van der Waals surface area (Å²) in [6.07, 6.45) is 7.58. The van der Waals surface area contributed by atoms with Gasteiger partial charge in [0.05, 0.1) is 11.9 Å². The first kappa shape index (κ1) is 16.0. The first-order chi connectivity index (χ1) is 12.2. The van der Waals surface area contributed by atoms with Gasteiger partial charge in [-0.05, 0) is 18.6 Å². The van der Waals surface area contributed by atoms with E-state index < -0.39 is 0 Å². The van der Waals surface area contributed by atoms with Crippen LogP contribution in [-0.2, 0) is 19.5 Å². The number of aryl methyl sites for hydroxylation is 1.